The Balaban J connectivity index is 2.03. The molecule has 0 spiro atoms. The van der Waals surface area contributed by atoms with Gasteiger partial charge in [-0.3, -0.25) is 4.79 Å². The smallest absolute Gasteiger partial charge is 0.341 e. The molecule has 0 saturated heterocycles. The van der Waals surface area contributed by atoms with E-state index in [1.807, 2.05) is 0 Å². The van der Waals surface area contributed by atoms with Crippen molar-refractivity contribution in [1.82, 2.24) is 0 Å². The molecule has 2 aromatic rings. The van der Waals surface area contributed by atoms with Gasteiger partial charge < -0.3 is 10.1 Å². The van der Waals surface area contributed by atoms with E-state index < -0.39 is 48.8 Å². The average molecular weight is 461 g/mol. The Morgan fingerprint density at radius 1 is 1.00 bits per heavy atom. The van der Waals surface area contributed by atoms with Crippen molar-refractivity contribution in [2.75, 3.05) is 17.7 Å². The fourth-order valence-corrected chi connectivity index (χ4v) is 4.10. The zero-order valence-electron chi connectivity index (χ0n) is 15.5. The third-order valence-corrected chi connectivity index (χ3v) is 7.04. The van der Waals surface area contributed by atoms with Crippen LogP contribution in [0.4, 0.5) is 14.5 Å². The number of sulfone groups is 2. The Hall–Kier alpha value is -2.86. The second kappa shape index (κ2) is 9.30. The molecule has 0 saturated carbocycles. The number of alkyl halides is 2. The summed E-state index contributed by atoms with van der Waals surface area (Å²) in [5.74, 6) is -5.62. The zero-order valence-corrected chi connectivity index (χ0v) is 17.2. The summed E-state index contributed by atoms with van der Waals surface area (Å²) in [7, 11) is -8.44. The molecule has 2 aromatic carbocycles. The number of amides is 1. The summed E-state index contributed by atoms with van der Waals surface area (Å²) in [4.78, 5) is 23.3. The number of rotatable bonds is 8. The summed E-state index contributed by atoms with van der Waals surface area (Å²) in [6.45, 7) is 0.666. The van der Waals surface area contributed by atoms with Crippen molar-refractivity contribution in [1.29, 1.82) is 0 Å². The number of halogens is 2. The van der Waals surface area contributed by atoms with Crippen LogP contribution in [0.1, 0.15) is 17.3 Å². The van der Waals surface area contributed by atoms with Crippen molar-refractivity contribution in [2.24, 2.45) is 0 Å². The van der Waals surface area contributed by atoms with Crippen LogP contribution in [0.3, 0.4) is 0 Å². The molecule has 1 amide bonds. The van der Waals surface area contributed by atoms with Crippen molar-refractivity contribution >= 4 is 37.2 Å². The van der Waals surface area contributed by atoms with Gasteiger partial charge in [-0.15, -0.1) is 0 Å². The molecule has 0 aliphatic heterocycles. The largest absolute Gasteiger partial charge is 0.452 e. The van der Waals surface area contributed by atoms with Gasteiger partial charge in [-0.25, -0.2) is 21.6 Å². The van der Waals surface area contributed by atoms with Crippen LogP contribution in [-0.2, 0) is 29.2 Å². The molecule has 2 rings (SSSR count). The summed E-state index contributed by atoms with van der Waals surface area (Å²) in [5, 5.41) is 2.30. The normalized spacial score (nSPS) is 11.9. The van der Waals surface area contributed by atoms with Crippen molar-refractivity contribution in [2.45, 2.75) is 22.5 Å². The maximum Gasteiger partial charge on any atom is 0.341 e. The lowest BCUT2D eigenvalue weighted by molar-refractivity contribution is -0.119. The van der Waals surface area contributed by atoms with E-state index >= 15 is 0 Å². The zero-order chi connectivity index (χ0) is 22.5. The summed E-state index contributed by atoms with van der Waals surface area (Å²) in [6, 6.07) is 9.39. The number of carbonyl (C=O) groups is 2. The van der Waals surface area contributed by atoms with E-state index in [1.54, 1.807) is 0 Å². The molecule has 30 heavy (non-hydrogen) atoms. The molecule has 0 heterocycles. The lowest BCUT2D eigenvalue weighted by Gasteiger charge is -2.10. The Bertz CT molecular complexity index is 1150. The van der Waals surface area contributed by atoms with Crippen LogP contribution in [0.25, 0.3) is 0 Å². The fraction of sp³-hybridized carbons (Fsp3) is 0.222. The van der Waals surface area contributed by atoms with Gasteiger partial charge in [0.15, 0.2) is 16.4 Å². The van der Waals surface area contributed by atoms with Gasteiger partial charge in [-0.1, -0.05) is 19.1 Å². The first kappa shape index (κ1) is 23.4. The third kappa shape index (κ3) is 5.39. The van der Waals surface area contributed by atoms with Gasteiger partial charge in [0.1, 0.15) is 0 Å². The predicted octanol–water partition coefficient (Wildman–Crippen LogP) is 2.27. The van der Waals surface area contributed by atoms with Crippen molar-refractivity contribution < 1.29 is 39.9 Å². The van der Waals surface area contributed by atoms with Crippen LogP contribution in [0, 0.1) is 0 Å². The van der Waals surface area contributed by atoms with Gasteiger partial charge in [0.05, 0.1) is 21.1 Å². The SMILES string of the molecule is CCS(=O)(=O)c1ccccc1C(=O)OCC(=O)Nc1ccc(S(=O)(=O)C(F)F)cc1. The summed E-state index contributed by atoms with van der Waals surface area (Å²) in [6.07, 6.45) is 0. The van der Waals surface area contributed by atoms with E-state index in [-0.39, 0.29) is 21.9 Å². The summed E-state index contributed by atoms with van der Waals surface area (Å²) < 4.78 is 76.7. The third-order valence-electron chi connectivity index (χ3n) is 3.86. The number of carbonyl (C=O) groups excluding carboxylic acids is 2. The number of anilines is 1. The Morgan fingerprint density at radius 2 is 1.60 bits per heavy atom. The molecule has 0 aromatic heterocycles. The number of nitrogens with one attached hydrogen (secondary N) is 1. The molecule has 0 bridgehead atoms. The maximum absolute atomic E-state index is 12.5. The van der Waals surface area contributed by atoms with E-state index in [0.29, 0.717) is 0 Å². The van der Waals surface area contributed by atoms with Gasteiger partial charge in [-0.2, -0.15) is 8.78 Å². The van der Waals surface area contributed by atoms with E-state index in [2.05, 4.69) is 5.32 Å². The van der Waals surface area contributed by atoms with Crippen LogP contribution in [0.15, 0.2) is 58.3 Å². The maximum atomic E-state index is 12.5. The van der Waals surface area contributed by atoms with Gasteiger partial charge >= 0.3 is 11.7 Å². The van der Waals surface area contributed by atoms with Crippen LogP contribution >= 0.6 is 0 Å². The molecule has 0 atom stereocenters. The fourth-order valence-electron chi connectivity index (χ4n) is 2.30. The molecule has 162 valence electrons. The molecule has 8 nitrogen and oxygen atoms in total. The lowest BCUT2D eigenvalue weighted by Crippen LogP contribution is -2.22. The lowest BCUT2D eigenvalue weighted by atomic mass is 10.2. The average Bonchev–Trinajstić information content (AvgIpc) is 2.72. The highest BCUT2D eigenvalue weighted by Crippen LogP contribution is 2.21. The Morgan fingerprint density at radius 3 is 2.17 bits per heavy atom. The highest BCUT2D eigenvalue weighted by Gasteiger charge is 2.26. The first-order valence-corrected chi connectivity index (χ1v) is 11.6. The van der Waals surface area contributed by atoms with Crippen molar-refractivity contribution in [3.63, 3.8) is 0 Å². The Kier molecular flexibility index (Phi) is 7.26. The molecule has 0 aliphatic carbocycles. The van der Waals surface area contributed by atoms with Crippen molar-refractivity contribution in [3.8, 4) is 0 Å². The molecule has 12 heteroatoms. The van der Waals surface area contributed by atoms with Crippen LogP contribution in [-0.4, -0.2) is 46.8 Å². The highest BCUT2D eigenvalue weighted by atomic mass is 32.2. The quantitative estimate of drug-likeness (QED) is 0.598. The standard InChI is InChI=1S/C18H17F2NO7S2/c1-2-29(24,25)15-6-4-3-5-14(15)17(23)28-11-16(22)21-12-7-9-13(10-8-12)30(26,27)18(19)20/h3-10,18H,2,11H2,1H3,(H,21,22). The topological polar surface area (TPSA) is 124 Å². The van der Waals surface area contributed by atoms with Crippen LogP contribution < -0.4 is 5.32 Å². The number of esters is 1. The Labute approximate surface area is 171 Å². The van der Waals surface area contributed by atoms with Gasteiger partial charge in [0.25, 0.3) is 5.91 Å². The summed E-state index contributed by atoms with van der Waals surface area (Å²) in [5.41, 5.74) is -0.132. The minimum atomic E-state index is -4.76. The molecular formula is C18H17F2NO7S2. The number of benzene rings is 2. The highest BCUT2D eigenvalue weighted by molar-refractivity contribution is 7.91. The molecule has 0 radical (unpaired) electrons. The first-order valence-electron chi connectivity index (χ1n) is 8.40. The van der Waals surface area contributed by atoms with E-state index in [9.17, 15) is 35.2 Å². The molecule has 1 N–H and O–H groups in total. The number of hydrogen-bond acceptors (Lipinski definition) is 7. The second-order valence-electron chi connectivity index (χ2n) is 5.85. The van der Waals surface area contributed by atoms with Gasteiger partial charge in [0, 0.05) is 5.69 Å². The molecule has 0 unspecified atom stereocenters. The van der Waals surface area contributed by atoms with Gasteiger partial charge in [-0.05, 0) is 36.4 Å². The molecule has 0 fully saturated rings. The molecule has 0 aliphatic rings. The van der Waals surface area contributed by atoms with E-state index in [0.717, 1.165) is 24.3 Å². The second-order valence-corrected chi connectivity index (χ2v) is 10.0. The minimum Gasteiger partial charge on any atom is -0.452 e. The van der Waals surface area contributed by atoms with Crippen molar-refractivity contribution in [3.05, 3.63) is 54.1 Å². The predicted molar refractivity (Wildman–Crippen MR) is 103 cm³/mol. The van der Waals surface area contributed by atoms with Crippen LogP contribution in [0.5, 0.6) is 0 Å². The van der Waals surface area contributed by atoms with E-state index in [4.69, 9.17) is 4.74 Å². The minimum absolute atomic E-state index is 0.0817. The van der Waals surface area contributed by atoms with Gasteiger partial charge in [0.2, 0.25) is 9.84 Å². The number of ether oxygens (including phenoxy) is 1. The monoisotopic (exact) mass is 461 g/mol. The summed E-state index contributed by atoms with van der Waals surface area (Å²) >= 11 is 0. The number of hydrogen-bond donors (Lipinski definition) is 1. The first-order chi connectivity index (χ1) is 14.0. The van der Waals surface area contributed by atoms with E-state index in [1.165, 1.54) is 31.2 Å². The van der Waals surface area contributed by atoms with Crippen LogP contribution in [0.2, 0.25) is 0 Å². The molecular weight excluding hydrogens is 444 g/mol.